The van der Waals surface area contributed by atoms with Crippen molar-refractivity contribution in [2.24, 2.45) is 0 Å². The highest BCUT2D eigenvalue weighted by molar-refractivity contribution is 5.94. The fourth-order valence-corrected chi connectivity index (χ4v) is 3.20. The zero-order chi connectivity index (χ0) is 18.4. The van der Waals surface area contributed by atoms with Crippen LogP contribution in [0.15, 0.2) is 55.3 Å². The summed E-state index contributed by atoms with van der Waals surface area (Å²) in [6.07, 6.45) is 5.44. The maximum absolute atomic E-state index is 11.9. The summed E-state index contributed by atoms with van der Waals surface area (Å²) in [6.45, 7) is 8.08. The van der Waals surface area contributed by atoms with Gasteiger partial charge in [-0.1, -0.05) is 18.2 Å². The number of aryl methyl sites for hydroxylation is 1. The number of nitrogens with zero attached hydrogens (tertiary/aromatic N) is 2. The summed E-state index contributed by atoms with van der Waals surface area (Å²) in [6, 6.07) is 12.7. The van der Waals surface area contributed by atoms with Crippen molar-refractivity contribution in [3.63, 3.8) is 0 Å². The Balaban J connectivity index is 1.53. The van der Waals surface area contributed by atoms with Crippen LogP contribution < -0.4 is 15.5 Å². The average Bonchev–Trinajstić information content (AvgIpc) is 2.67. The SMILES string of the molecule is C=CCNC(=O)c1ccc(N2CCC(Nc3cccc(C)c3)CC2)nc1. The Labute approximate surface area is 155 Å². The molecule has 2 N–H and O–H groups in total. The van der Waals surface area contributed by atoms with Crippen LogP contribution in [-0.4, -0.2) is 36.6 Å². The van der Waals surface area contributed by atoms with Crippen molar-refractivity contribution in [2.75, 3.05) is 29.9 Å². The number of nitrogens with one attached hydrogen (secondary N) is 2. The van der Waals surface area contributed by atoms with Crippen LogP contribution in [0, 0.1) is 6.92 Å². The fraction of sp³-hybridized carbons (Fsp3) is 0.333. The van der Waals surface area contributed by atoms with E-state index in [1.54, 1.807) is 12.3 Å². The molecule has 1 aromatic heterocycles. The average molecular weight is 350 g/mol. The molecule has 1 aliphatic rings. The number of hydrogen-bond acceptors (Lipinski definition) is 4. The first-order valence-corrected chi connectivity index (χ1v) is 9.09. The van der Waals surface area contributed by atoms with Gasteiger partial charge in [-0.15, -0.1) is 6.58 Å². The molecule has 0 saturated carbocycles. The van der Waals surface area contributed by atoms with Gasteiger partial charge in [-0.05, 0) is 49.6 Å². The topological polar surface area (TPSA) is 57.3 Å². The van der Waals surface area contributed by atoms with Crippen LogP contribution in [0.2, 0.25) is 0 Å². The molecule has 26 heavy (non-hydrogen) atoms. The number of amides is 1. The largest absolute Gasteiger partial charge is 0.382 e. The zero-order valence-corrected chi connectivity index (χ0v) is 15.2. The highest BCUT2D eigenvalue weighted by Crippen LogP contribution is 2.21. The van der Waals surface area contributed by atoms with Gasteiger partial charge in [-0.2, -0.15) is 0 Å². The molecule has 2 heterocycles. The van der Waals surface area contributed by atoms with Crippen molar-refractivity contribution in [1.82, 2.24) is 10.3 Å². The number of hydrogen-bond donors (Lipinski definition) is 2. The molecule has 1 fully saturated rings. The fourth-order valence-electron chi connectivity index (χ4n) is 3.20. The quantitative estimate of drug-likeness (QED) is 0.784. The van der Waals surface area contributed by atoms with E-state index in [0.29, 0.717) is 18.2 Å². The van der Waals surface area contributed by atoms with Gasteiger partial charge in [0.2, 0.25) is 0 Å². The van der Waals surface area contributed by atoms with Gasteiger partial charge in [-0.25, -0.2) is 4.98 Å². The second kappa shape index (κ2) is 8.52. The van der Waals surface area contributed by atoms with Crippen molar-refractivity contribution >= 4 is 17.4 Å². The van der Waals surface area contributed by atoms with E-state index in [9.17, 15) is 4.79 Å². The molecule has 1 aromatic carbocycles. The monoisotopic (exact) mass is 350 g/mol. The minimum absolute atomic E-state index is 0.120. The van der Waals surface area contributed by atoms with Crippen LogP contribution in [0.1, 0.15) is 28.8 Å². The first kappa shape index (κ1) is 18.0. The smallest absolute Gasteiger partial charge is 0.253 e. The molecule has 1 saturated heterocycles. The molecule has 0 aliphatic carbocycles. The lowest BCUT2D eigenvalue weighted by Crippen LogP contribution is -2.39. The van der Waals surface area contributed by atoms with E-state index in [4.69, 9.17) is 0 Å². The Morgan fingerprint density at radius 3 is 2.77 bits per heavy atom. The molecule has 0 radical (unpaired) electrons. The molecule has 136 valence electrons. The Kier molecular flexibility index (Phi) is 5.89. The number of pyridine rings is 1. The van der Waals surface area contributed by atoms with Gasteiger partial charge in [0.1, 0.15) is 5.82 Å². The normalized spacial score (nSPS) is 14.7. The van der Waals surface area contributed by atoms with Crippen LogP contribution in [0.3, 0.4) is 0 Å². The number of rotatable bonds is 6. The van der Waals surface area contributed by atoms with Gasteiger partial charge in [-0.3, -0.25) is 4.79 Å². The molecular weight excluding hydrogens is 324 g/mol. The molecule has 5 nitrogen and oxygen atoms in total. The van der Waals surface area contributed by atoms with Crippen LogP contribution in [0.4, 0.5) is 11.5 Å². The minimum atomic E-state index is -0.120. The Morgan fingerprint density at radius 2 is 2.12 bits per heavy atom. The summed E-state index contributed by atoms with van der Waals surface area (Å²) < 4.78 is 0. The van der Waals surface area contributed by atoms with E-state index in [1.807, 2.05) is 12.1 Å². The van der Waals surface area contributed by atoms with Crippen LogP contribution in [0.25, 0.3) is 0 Å². The molecule has 0 unspecified atom stereocenters. The van der Waals surface area contributed by atoms with Gasteiger partial charge < -0.3 is 15.5 Å². The van der Waals surface area contributed by atoms with E-state index in [1.165, 1.54) is 11.3 Å². The lowest BCUT2D eigenvalue weighted by atomic mass is 10.0. The molecule has 1 aliphatic heterocycles. The number of benzene rings is 1. The van der Waals surface area contributed by atoms with Gasteiger partial charge in [0, 0.05) is 37.6 Å². The molecule has 5 heteroatoms. The van der Waals surface area contributed by atoms with Crippen molar-refractivity contribution < 1.29 is 4.79 Å². The third kappa shape index (κ3) is 4.63. The second-order valence-corrected chi connectivity index (χ2v) is 6.68. The molecule has 1 amide bonds. The molecule has 3 rings (SSSR count). The first-order valence-electron chi connectivity index (χ1n) is 9.09. The summed E-state index contributed by atoms with van der Waals surface area (Å²) in [5.74, 6) is 0.810. The van der Waals surface area contributed by atoms with E-state index < -0.39 is 0 Å². The van der Waals surface area contributed by atoms with E-state index in [2.05, 4.69) is 58.3 Å². The molecule has 0 spiro atoms. The Hall–Kier alpha value is -2.82. The summed E-state index contributed by atoms with van der Waals surface area (Å²) >= 11 is 0. The minimum Gasteiger partial charge on any atom is -0.382 e. The van der Waals surface area contributed by atoms with Crippen molar-refractivity contribution in [1.29, 1.82) is 0 Å². The Bertz CT molecular complexity index is 749. The lowest BCUT2D eigenvalue weighted by Gasteiger charge is -2.33. The van der Waals surface area contributed by atoms with Crippen LogP contribution >= 0.6 is 0 Å². The summed E-state index contributed by atoms with van der Waals surface area (Å²) in [7, 11) is 0. The van der Waals surface area contributed by atoms with Gasteiger partial charge in [0.15, 0.2) is 0 Å². The van der Waals surface area contributed by atoms with Crippen LogP contribution in [-0.2, 0) is 0 Å². The highest BCUT2D eigenvalue weighted by Gasteiger charge is 2.20. The highest BCUT2D eigenvalue weighted by atomic mass is 16.1. The standard InChI is InChI=1S/C21H26N4O/c1-3-11-22-21(26)17-7-8-20(23-15-17)25-12-9-18(10-13-25)24-19-6-4-5-16(2)14-19/h3-8,14-15,18,24H,1,9-13H2,2H3,(H,22,26). The Morgan fingerprint density at radius 1 is 1.31 bits per heavy atom. The lowest BCUT2D eigenvalue weighted by molar-refractivity contribution is 0.0957. The summed E-state index contributed by atoms with van der Waals surface area (Å²) in [5.41, 5.74) is 3.04. The van der Waals surface area contributed by atoms with E-state index >= 15 is 0 Å². The number of carbonyl (C=O) groups excluding carboxylic acids is 1. The van der Waals surface area contributed by atoms with Gasteiger partial charge in [0.25, 0.3) is 5.91 Å². The first-order chi connectivity index (χ1) is 12.7. The molecule has 0 bridgehead atoms. The van der Waals surface area contributed by atoms with Crippen molar-refractivity contribution in [2.45, 2.75) is 25.8 Å². The number of anilines is 2. The third-order valence-electron chi connectivity index (χ3n) is 4.62. The zero-order valence-electron chi connectivity index (χ0n) is 15.2. The maximum Gasteiger partial charge on any atom is 0.253 e. The predicted molar refractivity (Wildman–Crippen MR) is 107 cm³/mol. The number of piperidine rings is 1. The third-order valence-corrected chi connectivity index (χ3v) is 4.62. The van der Waals surface area contributed by atoms with Crippen molar-refractivity contribution in [3.8, 4) is 0 Å². The van der Waals surface area contributed by atoms with E-state index in [-0.39, 0.29) is 5.91 Å². The van der Waals surface area contributed by atoms with Crippen LogP contribution in [0.5, 0.6) is 0 Å². The number of aromatic nitrogens is 1. The molecular formula is C21H26N4O. The molecule has 0 atom stereocenters. The summed E-state index contributed by atoms with van der Waals surface area (Å²) in [5, 5.41) is 6.39. The van der Waals surface area contributed by atoms with E-state index in [0.717, 1.165) is 31.7 Å². The van der Waals surface area contributed by atoms with Gasteiger partial charge in [0.05, 0.1) is 5.56 Å². The predicted octanol–water partition coefficient (Wildman–Crippen LogP) is 3.39. The molecule has 2 aromatic rings. The number of carbonyl (C=O) groups is 1. The summed E-state index contributed by atoms with van der Waals surface area (Å²) in [4.78, 5) is 18.7. The van der Waals surface area contributed by atoms with Gasteiger partial charge >= 0.3 is 0 Å². The second-order valence-electron chi connectivity index (χ2n) is 6.68. The maximum atomic E-state index is 11.9. The van der Waals surface area contributed by atoms with Crippen molar-refractivity contribution in [3.05, 3.63) is 66.4 Å².